The van der Waals surface area contributed by atoms with Crippen molar-refractivity contribution in [2.75, 3.05) is 27.2 Å². The number of hydrogen-bond acceptors (Lipinski definition) is 4. The largest absolute Gasteiger partial charge is 0.478 e. The normalized spacial score (nSPS) is 11.0. The van der Waals surface area contributed by atoms with Gasteiger partial charge in [0.05, 0.1) is 0 Å². The van der Waals surface area contributed by atoms with Gasteiger partial charge in [-0.05, 0) is 27.1 Å². The van der Waals surface area contributed by atoms with Crippen molar-refractivity contribution in [3.63, 3.8) is 0 Å². The van der Waals surface area contributed by atoms with Crippen molar-refractivity contribution in [3.8, 4) is 0 Å². The third-order valence-corrected chi connectivity index (χ3v) is 2.21. The Balaban J connectivity index is 0. The molecule has 0 saturated carbocycles. The van der Waals surface area contributed by atoms with Gasteiger partial charge in [0.2, 0.25) is 0 Å². The Hall–Kier alpha value is -1.02. The van der Waals surface area contributed by atoms with E-state index in [4.69, 9.17) is 45.0 Å². The lowest BCUT2D eigenvalue weighted by Gasteiger charge is -2.12. The maximum Gasteiger partial charge on any atom is 0.328 e. The van der Waals surface area contributed by atoms with Gasteiger partial charge in [-0.1, -0.05) is 34.8 Å². The van der Waals surface area contributed by atoms with Gasteiger partial charge in [0.1, 0.15) is 0 Å². The first-order valence-electron chi connectivity index (χ1n) is 5.60. The van der Waals surface area contributed by atoms with Crippen molar-refractivity contribution < 1.29 is 24.6 Å². The lowest BCUT2D eigenvalue weighted by molar-refractivity contribution is -0.134. The second kappa shape index (κ2) is 11.6. The molecule has 0 heterocycles. The molecule has 0 radical (unpaired) electrons. The molecular weight excluding hydrogens is 346 g/mol. The maximum absolute atomic E-state index is 11.0. The summed E-state index contributed by atoms with van der Waals surface area (Å²) in [6.07, 6.45) is 1.95. The highest BCUT2D eigenvalue weighted by Crippen LogP contribution is 2.25. The zero-order chi connectivity index (χ0) is 17.1. The molecule has 0 aliphatic heterocycles. The topological polar surface area (TPSA) is 107 Å². The summed E-state index contributed by atoms with van der Waals surface area (Å²) in [7, 11) is 3.91. The first kappa shape index (κ1) is 22.3. The molecule has 0 unspecified atom stereocenters. The van der Waals surface area contributed by atoms with Crippen molar-refractivity contribution in [2.45, 2.75) is 10.2 Å². The number of carbonyl (C=O) groups is 3. The van der Waals surface area contributed by atoms with E-state index in [0.717, 1.165) is 13.0 Å². The number of hydrogen-bond donors (Lipinski definition) is 3. The van der Waals surface area contributed by atoms with Crippen molar-refractivity contribution in [1.29, 1.82) is 0 Å². The lowest BCUT2D eigenvalue weighted by atomic mass is 10.4. The Labute approximate surface area is 137 Å². The van der Waals surface area contributed by atoms with E-state index in [1.54, 1.807) is 0 Å². The lowest BCUT2D eigenvalue weighted by Crippen LogP contribution is -2.35. The van der Waals surface area contributed by atoms with Crippen molar-refractivity contribution in [1.82, 2.24) is 10.2 Å². The number of nitrogens with zero attached hydrogens (tertiary/aromatic N) is 1. The molecule has 0 aromatic rings. The van der Waals surface area contributed by atoms with Crippen molar-refractivity contribution >= 4 is 52.6 Å². The van der Waals surface area contributed by atoms with Gasteiger partial charge < -0.3 is 20.4 Å². The van der Waals surface area contributed by atoms with Gasteiger partial charge in [-0.2, -0.15) is 0 Å². The van der Waals surface area contributed by atoms with Gasteiger partial charge in [0.25, 0.3) is 9.70 Å². The molecule has 10 heteroatoms. The van der Waals surface area contributed by atoms with Gasteiger partial charge in [-0.15, -0.1) is 0 Å². The molecule has 21 heavy (non-hydrogen) atoms. The van der Waals surface area contributed by atoms with Crippen molar-refractivity contribution in [3.05, 3.63) is 12.2 Å². The summed E-state index contributed by atoms with van der Waals surface area (Å²) in [4.78, 5) is 32.1. The number of halogens is 3. The second-order valence-electron chi connectivity index (χ2n) is 3.92. The highest BCUT2D eigenvalue weighted by atomic mass is 35.6. The minimum atomic E-state index is -1.85. The Morgan fingerprint density at radius 2 is 1.52 bits per heavy atom. The van der Waals surface area contributed by atoms with Crippen LogP contribution in [0.5, 0.6) is 0 Å². The van der Waals surface area contributed by atoms with Crippen LogP contribution in [0.1, 0.15) is 6.42 Å². The minimum Gasteiger partial charge on any atom is -0.478 e. The smallest absolute Gasteiger partial charge is 0.328 e. The minimum absolute atomic E-state index is 0.519. The standard InChI is InChI=1S/C7H13Cl3N2O.C4H4O4/c1-12(2)5-3-4-11-6(13)7(8,9)10;5-3(6)1-2-4(7)8/h3-5H2,1-2H3,(H,11,13);1-2H,(H,5,6)(H,7,8)/b;2-1-. The van der Waals surface area contributed by atoms with E-state index in [1.807, 2.05) is 19.0 Å². The molecule has 0 saturated heterocycles. The number of carboxylic acid groups (broad SMARTS) is 2. The molecule has 0 bridgehead atoms. The quantitative estimate of drug-likeness (QED) is 0.371. The van der Waals surface area contributed by atoms with Crippen molar-refractivity contribution in [2.24, 2.45) is 0 Å². The number of carboxylic acids is 2. The SMILES string of the molecule is CN(C)CCCNC(=O)C(Cl)(Cl)Cl.O=C(O)/C=C\C(=O)O. The van der Waals surface area contributed by atoms with Gasteiger partial charge in [0.15, 0.2) is 0 Å². The van der Waals surface area contributed by atoms with E-state index in [0.29, 0.717) is 18.7 Å². The van der Waals surface area contributed by atoms with Crippen LogP contribution in [-0.2, 0) is 14.4 Å². The summed E-state index contributed by atoms with van der Waals surface area (Å²) in [5, 5.41) is 18.1. The second-order valence-corrected chi connectivity index (χ2v) is 6.20. The average Bonchev–Trinajstić information content (AvgIpc) is 2.31. The number of rotatable bonds is 6. The molecule has 0 aromatic carbocycles. The molecule has 122 valence electrons. The average molecular weight is 364 g/mol. The molecule has 1 amide bonds. The Morgan fingerprint density at radius 3 is 1.81 bits per heavy atom. The summed E-state index contributed by atoms with van der Waals surface area (Å²) in [6.45, 7) is 1.41. The van der Waals surface area contributed by atoms with E-state index < -0.39 is 21.6 Å². The third kappa shape index (κ3) is 19.0. The van der Waals surface area contributed by atoms with Crippen LogP contribution < -0.4 is 5.32 Å². The molecule has 3 N–H and O–H groups in total. The Morgan fingerprint density at radius 1 is 1.10 bits per heavy atom. The monoisotopic (exact) mass is 362 g/mol. The predicted octanol–water partition coefficient (Wildman–Crippen LogP) is 1.14. The van der Waals surface area contributed by atoms with Crippen LogP contribution in [0.25, 0.3) is 0 Å². The predicted molar refractivity (Wildman–Crippen MR) is 80.9 cm³/mol. The molecule has 0 fully saturated rings. The fraction of sp³-hybridized carbons (Fsp3) is 0.545. The Kier molecular flexibility index (Phi) is 12.3. The molecule has 0 aliphatic carbocycles. The Bertz CT molecular complexity index is 365. The van der Waals surface area contributed by atoms with Gasteiger partial charge in [-0.25, -0.2) is 9.59 Å². The van der Waals surface area contributed by atoms with Crippen LogP contribution >= 0.6 is 34.8 Å². The molecule has 0 aromatic heterocycles. The number of carbonyl (C=O) groups excluding carboxylic acids is 1. The van der Waals surface area contributed by atoms with Crippen LogP contribution in [0.3, 0.4) is 0 Å². The number of aliphatic carboxylic acids is 2. The van der Waals surface area contributed by atoms with Crippen LogP contribution in [0.15, 0.2) is 12.2 Å². The van der Waals surface area contributed by atoms with Gasteiger partial charge in [0, 0.05) is 18.7 Å². The fourth-order valence-electron chi connectivity index (χ4n) is 0.840. The summed E-state index contributed by atoms with van der Waals surface area (Å²) in [5.74, 6) is -3.09. The van der Waals surface area contributed by atoms with Gasteiger partial charge >= 0.3 is 11.9 Å². The van der Waals surface area contributed by atoms with E-state index in [9.17, 15) is 14.4 Å². The van der Waals surface area contributed by atoms with E-state index in [1.165, 1.54) is 0 Å². The zero-order valence-corrected chi connectivity index (χ0v) is 13.7. The molecule has 0 aliphatic rings. The molecule has 0 spiro atoms. The number of nitrogens with one attached hydrogen (secondary N) is 1. The van der Waals surface area contributed by atoms with E-state index in [2.05, 4.69) is 5.32 Å². The van der Waals surface area contributed by atoms with Crippen LogP contribution in [-0.4, -0.2) is 63.9 Å². The molecule has 7 nitrogen and oxygen atoms in total. The maximum atomic E-state index is 11.0. The van der Waals surface area contributed by atoms with E-state index >= 15 is 0 Å². The summed E-state index contributed by atoms with van der Waals surface area (Å²) in [5.41, 5.74) is 0. The highest BCUT2D eigenvalue weighted by molar-refractivity contribution is 6.76. The zero-order valence-electron chi connectivity index (χ0n) is 11.5. The molecule has 0 rings (SSSR count). The first-order valence-corrected chi connectivity index (χ1v) is 6.74. The fourth-order valence-corrected chi connectivity index (χ4v) is 1.04. The summed E-state index contributed by atoms with van der Waals surface area (Å²) < 4.78 is -1.85. The molecular formula is C11H17Cl3N2O5. The first-order chi connectivity index (χ1) is 9.46. The summed E-state index contributed by atoms with van der Waals surface area (Å²) >= 11 is 16.0. The van der Waals surface area contributed by atoms with E-state index in [-0.39, 0.29) is 0 Å². The molecule has 0 atom stereocenters. The van der Waals surface area contributed by atoms with Crippen LogP contribution in [0, 0.1) is 0 Å². The third-order valence-electron chi connectivity index (χ3n) is 1.69. The number of alkyl halides is 3. The van der Waals surface area contributed by atoms with Gasteiger partial charge in [-0.3, -0.25) is 4.79 Å². The summed E-state index contributed by atoms with van der Waals surface area (Å²) in [6, 6.07) is 0. The van der Waals surface area contributed by atoms with Crippen LogP contribution in [0.4, 0.5) is 0 Å². The van der Waals surface area contributed by atoms with Crippen LogP contribution in [0.2, 0.25) is 0 Å². The number of amides is 1. The highest BCUT2D eigenvalue weighted by Gasteiger charge is 2.29.